The maximum atomic E-state index is 10.5. The van der Waals surface area contributed by atoms with Crippen LogP contribution in [0.25, 0.3) is 0 Å². The molecule has 0 radical (unpaired) electrons. The zero-order chi connectivity index (χ0) is 8.48. The molecule has 13 heavy (non-hydrogen) atoms. The van der Waals surface area contributed by atoms with E-state index < -0.39 is 14.2 Å². The third-order valence-corrected chi connectivity index (χ3v) is 3.21. The van der Waals surface area contributed by atoms with Crippen LogP contribution in [0, 0.1) is 0 Å². The molecule has 1 atom stereocenters. The summed E-state index contributed by atoms with van der Waals surface area (Å²) in [4.78, 5) is 0. The quantitative estimate of drug-likeness (QED) is 0.381. The van der Waals surface area contributed by atoms with Crippen LogP contribution in [0.5, 0.6) is 0 Å². The van der Waals surface area contributed by atoms with Crippen molar-refractivity contribution in [1.29, 1.82) is 0 Å². The second-order valence-electron chi connectivity index (χ2n) is 2.11. The third-order valence-electron chi connectivity index (χ3n) is 1.22. The summed E-state index contributed by atoms with van der Waals surface area (Å²) < 4.78 is 29.6. The average Bonchev–Trinajstić information content (AvgIpc) is 1.86. The van der Waals surface area contributed by atoms with Crippen LogP contribution in [0.1, 0.15) is 0 Å². The number of benzene rings is 1. The molecule has 0 saturated heterocycles. The van der Waals surface area contributed by atoms with Crippen molar-refractivity contribution >= 4 is 24.2 Å². The zero-order valence-corrected chi connectivity index (χ0v) is 8.97. The van der Waals surface area contributed by atoms with E-state index in [0.717, 1.165) is 0 Å². The van der Waals surface area contributed by atoms with E-state index in [1.54, 1.807) is 0 Å². The van der Waals surface area contributed by atoms with Gasteiger partial charge in [0.15, 0.2) is 0 Å². The first-order chi connectivity index (χ1) is 5.00. The second kappa shape index (κ2) is 5.06. The van der Waals surface area contributed by atoms with Gasteiger partial charge in [0, 0.05) is 0 Å². The van der Waals surface area contributed by atoms with Crippen LogP contribution in [0.2, 0.25) is 0 Å². The van der Waals surface area contributed by atoms with Gasteiger partial charge in [-0.05, 0) is 0 Å². The second-order valence-corrected chi connectivity index (χ2v) is 5.38. The van der Waals surface area contributed by atoms with Gasteiger partial charge in [0.2, 0.25) is 0 Å². The van der Waals surface area contributed by atoms with Crippen molar-refractivity contribution in [2.75, 3.05) is 5.73 Å². The summed E-state index contributed by atoms with van der Waals surface area (Å²) in [7, 11) is 0. The summed E-state index contributed by atoms with van der Waals surface area (Å²) in [5.41, 5.74) is 5.77. The molecular weight excluding hydrogens is 239 g/mol. The Morgan fingerprint density at radius 2 is 1.69 bits per heavy atom. The van der Waals surface area contributed by atoms with Crippen LogP contribution >= 0.6 is 0 Å². The molecule has 0 aromatic heterocycles. The third kappa shape index (κ3) is 4.12. The fourth-order valence-corrected chi connectivity index (χ4v) is 1.77. The normalized spacial score (nSPS) is 13.4. The van der Waals surface area contributed by atoms with Gasteiger partial charge in [0.25, 0.3) is 0 Å². The fraction of sp³-hybridized carbons (Fsp3) is 0. The smallest absolute Gasteiger partial charge is 0.369 e. The fourth-order valence-electron chi connectivity index (χ4n) is 0.663. The van der Waals surface area contributed by atoms with E-state index >= 15 is 0 Å². The Kier molecular flexibility index (Phi) is 5.73. The van der Waals surface area contributed by atoms with Gasteiger partial charge in [-0.2, -0.15) is 0 Å². The molecule has 6 nitrogen and oxygen atoms in total. The number of anilines is 1. The van der Waals surface area contributed by atoms with Crippen LogP contribution < -0.4 is 20.3 Å². The van der Waals surface area contributed by atoms with Gasteiger partial charge < -0.3 is 11.6 Å². The largest absolute Gasteiger partial charge is 0.412 e. The Bertz CT molecular complexity index is 294. The molecule has 9 N–H and O–H groups in total. The first kappa shape index (κ1) is 14.7. The maximum absolute atomic E-state index is 10.5. The van der Waals surface area contributed by atoms with Gasteiger partial charge in [-0.25, -0.2) is 0 Å². The SMILES string of the molecule is Nc1ccc([As](=O)([O-])O)cc1.O.[NH4+]. The van der Waals surface area contributed by atoms with Gasteiger partial charge in [-0.15, -0.1) is 0 Å². The molecule has 0 fully saturated rings. The predicted molar refractivity (Wildman–Crippen MR) is 48.7 cm³/mol. The van der Waals surface area contributed by atoms with Gasteiger partial charge in [-0.3, -0.25) is 0 Å². The number of hydrogen-bond donors (Lipinski definition) is 3. The first-order valence-corrected chi connectivity index (χ1v) is 6.21. The van der Waals surface area contributed by atoms with E-state index in [1.165, 1.54) is 24.3 Å². The molecule has 0 spiro atoms. The number of nitrogen functional groups attached to an aromatic ring is 1. The van der Waals surface area contributed by atoms with E-state index in [2.05, 4.69) is 0 Å². The van der Waals surface area contributed by atoms with Crippen molar-refractivity contribution < 1.29 is 17.4 Å². The van der Waals surface area contributed by atoms with E-state index in [4.69, 9.17) is 9.83 Å². The predicted octanol–water partition coefficient (Wildman–Crippen LogP) is -2.25. The topological polar surface area (TPSA) is 154 Å². The molecule has 1 aromatic carbocycles. The van der Waals surface area contributed by atoms with Crippen molar-refractivity contribution in [2.45, 2.75) is 0 Å². The first-order valence-electron chi connectivity index (χ1n) is 2.90. The molecular formula is C6H13AsN2O4. The van der Waals surface area contributed by atoms with Crippen LogP contribution in [-0.2, 0) is 3.74 Å². The monoisotopic (exact) mass is 252 g/mol. The van der Waals surface area contributed by atoms with Crippen molar-refractivity contribution in [2.24, 2.45) is 0 Å². The summed E-state index contributed by atoms with van der Waals surface area (Å²) in [6.45, 7) is 0. The Hall–Kier alpha value is -0.782. The summed E-state index contributed by atoms with van der Waals surface area (Å²) in [5.74, 6) is 0. The molecule has 0 aliphatic rings. The molecule has 7 heteroatoms. The zero-order valence-electron chi connectivity index (χ0n) is 7.10. The van der Waals surface area contributed by atoms with E-state index in [-0.39, 0.29) is 16.0 Å². The van der Waals surface area contributed by atoms with Crippen LogP contribution in [0.3, 0.4) is 0 Å². The summed E-state index contributed by atoms with van der Waals surface area (Å²) in [6.07, 6.45) is 0. The number of rotatable bonds is 1. The Labute approximate surface area is 78.3 Å². The van der Waals surface area contributed by atoms with E-state index in [1.807, 2.05) is 0 Å². The van der Waals surface area contributed by atoms with E-state index in [0.29, 0.717) is 5.69 Å². The van der Waals surface area contributed by atoms with Gasteiger partial charge in [0.05, 0.1) is 0 Å². The molecule has 1 aromatic rings. The Morgan fingerprint density at radius 3 is 2.00 bits per heavy atom. The van der Waals surface area contributed by atoms with Crippen molar-refractivity contribution in [3.8, 4) is 0 Å². The van der Waals surface area contributed by atoms with Gasteiger partial charge >= 0.3 is 66.1 Å². The Balaban J connectivity index is 0. The molecule has 0 aliphatic heterocycles. The minimum absolute atomic E-state index is 0. The summed E-state index contributed by atoms with van der Waals surface area (Å²) in [6, 6.07) is 5.42. The minimum atomic E-state index is -4.93. The van der Waals surface area contributed by atoms with Crippen LogP contribution in [-0.4, -0.2) is 23.7 Å². The number of hydrogen-bond acceptors (Lipinski definition) is 3. The van der Waals surface area contributed by atoms with Gasteiger partial charge in [-0.1, -0.05) is 0 Å². The average molecular weight is 252 g/mol. The maximum Gasteiger partial charge on any atom is -0.369 e. The van der Waals surface area contributed by atoms with Gasteiger partial charge in [0.1, 0.15) is 0 Å². The molecule has 0 aliphatic carbocycles. The molecule has 1 rings (SSSR count). The standard InChI is InChI=1S/C6H8AsNO3.H3N.H2O/c8-6-3-1-5(2-4-6)7(9,10)11;;/h1-4H,8H2,(H2,9,10,11);1H3;1H2. The van der Waals surface area contributed by atoms with Crippen molar-refractivity contribution in [3.05, 3.63) is 24.3 Å². The molecule has 0 bridgehead atoms. The minimum Gasteiger partial charge on any atom is -0.412 e. The molecule has 0 heterocycles. The Morgan fingerprint density at radius 1 is 1.31 bits per heavy atom. The summed E-state index contributed by atoms with van der Waals surface area (Å²) >= 11 is -4.93. The number of quaternary nitrogens is 1. The van der Waals surface area contributed by atoms with Crippen LogP contribution in [0.4, 0.5) is 5.69 Å². The van der Waals surface area contributed by atoms with Crippen LogP contribution in [0.15, 0.2) is 24.3 Å². The number of nitrogens with two attached hydrogens (primary N) is 1. The molecule has 1 unspecified atom stereocenters. The molecule has 0 amide bonds. The summed E-state index contributed by atoms with van der Waals surface area (Å²) in [5, 5.41) is 0. The molecule has 76 valence electrons. The van der Waals surface area contributed by atoms with Crippen molar-refractivity contribution in [1.82, 2.24) is 6.15 Å². The van der Waals surface area contributed by atoms with Crippen molar-refractivity contribution in [3.63, 3.8) is 0 Å². The van der Waals surface area contributed by atoms with E-state index in [9.17, 15) is 7.84 Å². The molecule has 0 saturated carbocycles.